The molecule has 2 aromatic carbocycles. The summed E-state index contributed by atoms with van der Waals surface area (Å²) < 4.78 is 0. The molecule has 0 saturated heterocycles. The largest absolute Gasteiger partial charge is 0.507 e. The second-order valence-corrected chi connectivity index (χ2v) is 8.22. The molecule has 2 N–H and O–H groups in total. The minimum absolute atomic E-state index is 0.0157. The maximum absolute atomic E-state index is 11.1. The molecule has 0 aromatic heterocycles. The zero-order valence-corrected chi connectivity index (χ0v) is 18.1. The lowest BCUT2D eigenvalue weighted by Crippen LogP contribution is -2.07. The van der Waals surface area contributed by atoms with E-state index in [0.29, 0.717) is 11.5 Å². The topological polar surface area (TPSA) is 40.5 Å². The van der Waals surface area contributed by atoms with Crippen LogP contribution in [-0.2, 0) is 12.8 Å². The Kier molecular flexibility index (Phi) is 6.97. The Labute approximate surface area is 165 Å². The molecule has 27 heavy (non-hydrogen) atoms. The number of rotatable bonds is 7. The third-order valence-corrected chi connectivity index (χ3v) is 5.68. The monoisotopic (exact) mass is 368 g/mol. The summed E-state index contributed by atoms with van der Waals surface area (Å²) in [6.45, 7) is 14.9. The minimum atomic E-state index is -0.0157. The van der Waals surface area contributed by atoms with E-state index >= 15 is 0 Å². The fraction of sp³-hybridized carbons (Fsp3) is 0.520. The van der Waals surface area contributed by atoms with Gasteiger partial charge in [-0.25, -0.2) is 0 Å². The van der Waals surface area contributed by atoms with E-state index in [-0.39, 0.29) is 17.8 Å². The number of aromatic hydroxyl groups is 2. The molecule has 0 heterocycles. The lowest BCUT2D eigenvalue weighted by molar-refractivity contribution is 0.442. The van der Waals surface area contributed by atoms with Gasteiger partial charge in [-0.05, 0) is 53.4 Å². The van der Waals surface area contributed by atoms with Crippen molar-refractivity contribution < 1.29 is 10.2 Å². The fourth-order valence-corrected chi connectivity index (χ4v) is 3.92. The van der Waals surface area contributed by atoms with Crippen LogP contribution >= 0.6 is 0 Å². The molecule has 0 radical (unpaired) electrons. The first-order valence-corrected chi connectivity index (χ1v) is 10.5. The Morgan fingerprint density at radius 1 is 0.630 bits per heavy atom. The number of hydrogen-bond acceptors (Lipinski definition) is 2. The number of phenols is 2. The molecule has 0 amide bonds. The lowest BCUT2D eigenvalue weighted by Gasteiger charge is -2.24. The average Bonchev–Trinajstić information content (AvgIpc) is 2.64. The summed E-state index contributed by atoms with van der Waals surface area (Å²) in [5.41, 5.74) is 6.36. The predicted molar refractivity (Wildman–Crippen MR) is 115 cm³/mol. The highest BCUT2D eigenvalue weighted by Gasteiger charge is 2.25. The Morgan fingerprint density at radius 3 is 1.22 bits per heavy atom. The Bertz CT molecular complexity index is 722. The van der Waals surface area contributed by atoms with Crippen LogP contribution in [0.4, 0.5) is 0 Å². The van der Waals surface area contributed by atoms with E-state index in [0.717, 1.165) is 41.5 Å². The van der Waals surface area contributed by atoms with E-state index in [2.05, 4.69) is 72.7 Å². The molecule has 0 aliphatic heterocycles. The first-order chi connectivity index (χ1) is 12.7. The van der Waals surface area contributed by atoms with Gasteiger partial charge in [-0.1, -0.05) is 72.7 Å². The molecular formula is C25H36O2. The highest BCUT2D eigenvalue weighted by atomic mass is 16.3. The van der Waals surface area contributed by atoms with E-state index < -0.39 is 0 Å². The molecule has 0 aliphatic carbocycles. The number of aryl methyl sites for hydroxylation is 2. The van der Waals surface area contributed by atoms with Gasteiger partial charge in [-0.3, -0.25) is 0 Å². The van der Waals surface area contributed by atoms with Crippen molar-refractivity contribution >= 4 is 0 Å². The predicted octanol–water partition coefficient (Wildman–Crippen LogP) is 7.01. The van der Waals surface area contributed by atoms with Crippen LogP contribution in [0.15, 0.2) is 24.3 Å². The van der Waals surface area contributed by atoms with Crippen molar-refractivity contribution in [1.82, 2.24) is 0 Å². The first-order valence-electron chi connectivity index (χ1n) is 10.5. The molecule has 0 saturated carbocycles. The Hall–Kier alpha value is -1.96. The van der Waals surface area contributed by atoms with Gasteiger partial charge in [0.2, 0.25) is 0 Å². The SMILES string of the molecule is CCc1cc(C(C)C)c(O)c(C(CC)c2cc(CC)cc(C(C)C)c2O)c1. The molecule has 0 fully saturated rings. The normalized spacial score (nSPS) is 11.8. The minimum Gasteiger partial charge on any atom is -0.507 e. The van der Waals surface area contributed by atoms with Gasteiger partial charge in [0.1, 0.15) is 11.5 Å². The van der Waals surface area contributed by atoms with Gasteiger partial charge in [0.25, 0.3) is 0 Å². The summed E-state index contributed by atoms with van der Waals surface area (Å²) in [4.78, 5) is 0. The smallest absolute Gasteiger partial charge is 0.122 e. The molecule has 0 spiro atoms. The van der Waals surface area contributed by atoms with Crippen LogP contribution in [0.1, 0.15) is 106 Å². The van der Waals surface area contributed by atoms with Gasteiger partial charge in [-0.15, -0.1) is 0 Å². The van der Waals surface area contributed by atoms with Crippen molar-refractivity contribution in [3.8, 4) is 11.5 Å². The van der Waals surface area contributed by atoms with E-state index in [1.54, 1.807) is 0 Å². The van der Waals surface area contributed by atoms with Crippen LogP contribution in [0, 0.1) is 0 Å². The molecule has 2 rings (SSSR count). The van der Waals surface area contributed by atoms with Crippen molar-refractivity contribution in [2.45, 2.75) is 85.5 Å². The van der Waals surface area contributed by atoms with Crippen LogP contribution in [-0.4, -0.2) is 10.2 Å². The van der Waals surface area contributed by atoms with E-state index in [4.69, 9.17) is 0 Å². The summed E-state index contributed by atoms with van der Waals surface area (Å²) >= 11 is 0. The van der Waals surface area contributed by atoms with E-state index in [1.165, 1.54) is 11.1 Å². The number of hydrogen-bond donors (Lipinski definition) is 2. The molecule has 0 unspecified atom stereocenters. The Balaban J connectivity index is 2.74. The third-order valence-electron chi connectivity index (χ3n) is 5.68. The molecule has 0 aliphatic rings. The van der Waals surface area contributed by atoms with E-state index in [1.807, 2.05) is 0 Å². The molecule has 2 nitrogen and oxygen atoms in total. The molecule has 2 aromatic rings. The number of phenolic OH excluding ortho intramolecular Hbond substituents is 2. The Morgan fingerprint density at radius 2 is 0.963 bits per heavy atom. The van der Waals surface area contributed by atoms with Crippen LogP contribution in [0.25, 0.3) is 0 Å². The maximum atomic E-state index is 11.1. The summed E-state index contributed by atoms with van der Waals surface area (Å²) in [6, 6.07) is 8.50. The fourth-order valence-electron chi connectivity index (χ4n) is 3.92. The van der Waals surface area contributed by atoms with Gasteiger partial charge < -0.3 is 10.2 Å². The van der Waals surface area contributed by atoms with Crippen molar-refractivity contribution in [2.24, 2.45) is 0 Å². The van der Waals surface area contributed by atoms with Crippen molar-refractivity contribution in [2.75, 3.05) is 0 Å². The summed E-state index contributed by atoms with van der Waals surface area (Å²) in [5.74, 6) is 1.28. The summed E-state index contributed by atoms with van der Waals surface area (Å²) in [5, 5.41) is 22.1. The van der Waals surface area contributed by atoms with Gasteiger partial charge in [0.15, 0.2) is 0 Å². The zero-order chi connectivity index (χ0) is 20.3. The molecule has 0 bridgehead atoms. The van der Waals surface area contributed by atoms with Gasteiger partial charge in [0, 0.05) is 17.0 Å². The zero-order valence-electron chi connectivity index (χ0n) is 18.1. The van der Waals surface area contributed by atoms with Crippen molar-refractivity contribution in [1.29, 1.82) is 0 Å². The third kappa shape index (κ3) is 4.31. The van der Waals surface area contributed by atoms with Crippen LogP contribution in [0.3, 0.4) is 0 Å². The number of benzene rings is 2. The average molecular weight is 369 g/mol. The molecule has 2 heteroatoms. The summed E-state index contributed by atoms with van der Waals surface area (Å²) in [7, 11) is 0. The van der Waals surface area contributed by atoms with Crippen LogP contribution < -0.4 is 0 Å². The van der Waals surface area contributed by atoms with Crippen molar-refractivity contribution in [3.63, 3.8) is 0 Å². The van der Waals surface area contributed by atoms with Gasteiger partial charge >= 0.3 is 0 Å². The van der Waals surface area contributed by atoms with E-state index in [9.17, 15) is 10.2 Å². The maximum Gasteiger partial charge on any atom is 0.122 e. The van der Waals surface area contributed by atoms with Crippen molar-refractivity contribution in [3.05, 3.63) is 57.6 Å². The highest BCUT2D eigenvalue weighted by molar-refractivity contribution is 5.55. The molecule has 0 atom stereocenters. The van der Waals surface area contributed by atoms with Gasteiger partial charge in [0.05, 0.1) is 0 Å². The lowest BCUT2D eigenvalue weighted by atomic mass is 9.81. The second kappa shape index (κ2) is 8.82. The standard InChI is InChI=1S/C25H36O2/c1-8-17-11-20(15(4)5)24(26)22(13-17)19(10-3)23-14-18(9-2)12-21(16(6)7)25(23)27/h11-16,19,26-27H,8-10H2,1-7H3. The quantitative estimate of drug-likeness (QED) is 0.551. The van der Waals surface area contributed by atoms with Crippen LogP contribution in [0.5, 0.6) is 11.5 Å². The first kappa shape index (κ1) is 21.3. The summed E-state index contributed by atoms with van der Waals surface area (Å²) in [6.07, 6.45) is 2.69. The van der Waals surface area contributed by atoms with Gasteiger partial charge in [-0.2, -0.15) is 0 Å². The molecule has 148 valence electrons. The molecular weight excluding hydrogens is 332 g/mol. The van der Waals surface area contributed by atoms with Crippen LogP contribution in [0.2, 0.25) is 0 Å². The highest BCUT2D eigenvalue weighted by Crippen LogP contribution is 2.44. The second-order valence-electron chi connectivity index (χ2n) is 8.22.